The molecule has 0 amide bonds. The zero-order valence-corrected chi connectivity index (χ0v) is 17.1. The van der Waals surface area contributed by atoms with Crippen LogP contribution in [0.1, 0.15) is 11.1 Å². The normalized spacial score (nSPS) is 11.1. The van der Waals surface area contributed by atoms with E-state index in [1.54, 1.807) is 38.6 Å². The predicted molar refractivity (Wildman–Crippen MR) is 116 cm³/mol. The molecule has 0 bridgehead atoms. The first-order valence-electron chi connectivity index (χ1n) is 9.62. The van der Waals surface area contributed by atoms with Crippen molar-refractivity contribution in [1.29, 1.82) is 0 Å². The van der Waals surface area contributed by atoms with Crippen LogP contribution in [0.5, 0.6) is 17.4 Å². The summed E-state index contributed by atoms with van der Waals surface area (Å²) >= 11 is 0. The molecule has 7 heteroatoms. The van der Waals surface area contributed by atoms with E-state index in [1.807, 2.05) is 36.4 Å². The second-order valence-corrected chi connectivity index (χ2v) is 6.48. The van der Waals surface area contributed by atoms with Crippen molar-refractivity contribution < 1.29 is 13.9 Å². The van der Waals surface area contributed by atoms with Crippen LogP contribution in [0.4, 0.5) is 4.39 Å². The molecule has 3 rings (SSSR count). The third-order valence-corrected chi connectivity index (χ3v) is 4.39. The first-order chi connectivity index (χ1) is 14.7. The van der Waals surface area contributed by atoms with Gasteiger partial charge in [-0.25, -0.2) is 9.37 Å². The van der Waals surface area contributed by atoms with Crippen molar-refractivity contribution >= 4 is 5.96 Å². The molecule has 3 aromatic rings. The van der Waals surface area contributed by atoms with Crippen molar-refractivity contribution in [2.45, 2.75) is 13.0 Å². The molecule has 0 radical (unpaired) electrons. The molecule has 2 aromatic carbocycles. The van der Waals surface area contributed by atoms with Crippen molar-refractivity contribution in [3.63, 3.8) is 0 Å². The van der Waals surface area contributed by atoms with E-state index in [9.17, 15) is 4.39 Å². The molecule has 0 unspecified atom stereocenters. The number of nitrogens with zero attached hydrogens (tertiary/aromatic N) is 2. The Hall–Kier alpha value is -3.61. The minimum atomic E-state index is -0.190. The Bertz CT molecular complexity index is 977. The summed E-state index contributed by atoms with van der Waals surface area (Å²) < 4.78 is 24.6. The Morgan fingerprint density at radius 1 is 1.03 bits per heavy atom. The van der Waals surface area contributed by atoms with Crippen LogP contribution in [-0.2, 0) is 13.0 Å². The molecule has 6 nitrogen and oxygen atoms in total. The lowest BCUT2D eigenvalue weighted by atomic mass is 10.1. The highest BCUT2D eigenvalue weighted by molar-refractivity contribution is 5.79. The summed E-state index contributed by atoms with van der Waals surface area (Å²) in [6, 6.07) is 17.9. The Labute approximate surface area is 175 Å². The molecule has 0 atom stereocenters. The summed E-state index contributed by atoms with van der Waals surface area (Å²) in [5.74, 6) is 2.33. The van der Waals surface area contributed by atoms with E-state index in [0.29, 0.717) is 42.7 Å². The smallest absolute Gasteiger partial charge is 0.219 e. The second-order valence-electron chi connectivity index (χ2n) is 6.48. The van der Waals surface area contributed by atoms with Crippen molar-refractivity contribution in [3.05, 3.63) is 83.8 Å². The average molecular weight is 408 g/mol. The number of nitrogens with one attached hydrogen (secondary N) is 2. The minimum Gasteiger partial charge on any atom is -0.497 e. The maximum absolute atomic E-state index is 13.7. The van der Waals surface area contributed by atoms with Crippen LogP contribution in [-0.4, -0.2) is 31.6 Å². The van der Waals surface area contributed by atoms with Crippen LogP contribution < -0.4 is 20.1 Å². The third-order valence-electron chi connectivity index (χ3n) is 4.39. The Morgan fingerprint density at radius 3 is 2.60 bits per heavy atom. The summed E-state index contributed by atoms with van der Waals surface area (Å²) in [6.45, 7) is 1.12. The Balaban J connectivity index is 1.46. The standard InChI is InChI=1S/C23H25FN4O2/c1-25-23(26-13-12-18-6-3-4-9-21(18)24)28-16-17-10-11-22(27-15-17)30-20-8-5-7-19(14-20)29-2/h3-11,14-15H,12-13,16H2,1-2H3,(H2,25,26,28). The van der Waals surface area contributed by atoms with Crippen LogP contribution in [0.2, 0.25) is 0 Å². The van der Waals surface area contributed by atoms with Crippen molar-refractivity contribution in [3.8, 4) is 17.4 Å². The summed E-state index contributed by atoms with van der Waals surface area (Å²) in [5, 5.41) is 6.40. The van der Waals surface area contributed by atoms with Gasteiger partial charge in [-0.3, -0.25) is 4.99 Å². The van der Waals surface area contributed by atoms with Gasteiger partial charge in [-0.2, -0.15) is 0 Å². The van der Waals surface area contributed by atoms with E-state index in [2.05, 4.69) is 20.6 Å². The number of hydrogen-bond donors (Lipinski definition) is 2. The fourth-order valence-electron chi connectivity index (χ4n) is 2.78. The van der Waals surface area contributed by atoms with E-state index in [4.69, 9.17) is 9.47 Å². The predicted octanol–water partition coefficient (Wildman–Crippen LogP) is 3.93. The highest BCUT2D eigenvalue weighted by Crippen LogP contribution is 2.23. The topological polar surface area (TPSA) is 67.8 Å². The van der Waals surface area contributed by atoms with Gasteiger partial charge >= 0.3 is 0 Å². The highest BCUT2D eigenvalue weighted by atomic mass is 19.1. The van der Waals surface area contributed by atoms with Crippen molar-refractivity contribution in [1.82, 2.24) is 15.6 Å². The summed E-state index contributed by atoms with van der Waals surface area (Å²) in [5.41, 5.74) is 1.65. The minimum absolute atomic E-state index is 0.190. The molecular weight excluding hydrogens is 383 g/mol. The molecule has 0 aliphatic carbocycles. The van der Waals surface area contributed by atoms with Gasteiger partial charge in [0, 0.05) is 38.5 Å². The van der Waals surface area contributed by atoms with Crippen LogP contribution >= 0.6 is 0 Å². The van der Waals surface area contributed by atoms with E-state index in [-0.39, 0.29) is 5.82 Å². The number of guanidine groups is 1. The largest absolute Gasteiger partial charge is 0.497 e. The molecule has 30 heavy (non-hydrogen) atoms. The number of methoxy groups -OCH3 is 1. The lowest BCUT2D eigenvalue weighted by molar-refractivity contribution is 0.407. The molecule has 0 aliphatic rings. The quantitative estimate of drug-likeness (QED) is 0.437. The molecule has 156 valence electrons. The number of halogens is 1. The maximum Gasteiger partial charge on any atom is 0.219 e. The molecule has 0 aliphatic heterocycles. The number of ether oxygens (including phenoxy) is 2. The Kier molecular flexibility index (Phi) is 7.60. The monoisotopic (exact) mass is 408 g/mol. The van der Waals surface area contributed by atoms with Gasteiger partial charge < -0.3 is 20.1 Å². The van der Waals surface area contributed by atoms with Crippen LogP contribution in [0.3, 0.4) is 0 Å². The first-order valence-corrected chi connectivity index (χ1v) is 9.62. The number of hydrogen-bond acceptors (Lipinski definition) is 4. The molecule has 0 fully saturated rings. The summed E-state index contributed by atoms with van der Waals surface area (Å²) in [4.78, 5) is 8.53. The zero-order valence-electron chi connectivity index (χ0n) is 17.1. The maximum atomic E-state index is 13.7. The highest BCUT2D eigenvalue weighted by Gasteiger charge is 2.04. The lowest BCUT2D eigenvalue weighted by Crippen LogP contribution is -2.37. The van der Waals surface area contributed by atoms with E-state index < -0.39 is 0 Å². The number of pyridine rings is 1. The van der Waals surface area contributed by atoms with Crippen LogP contribution in [0.15, 0.2) is 71.9 Å². The van der Waals surface area contributed by atoms with Gasteiger partial charge in [0.2, 0.25) is 5.88 Å². The molecule has 2 N–H and O–H groups in total. The van der Waals surface area contributed by atoms with Gasteiger partial charge in [-0.05, 0) is 35.7 Å². The third kappa shape index (κ3) is 6.20. The number of aromatic nitrogens is 1. The second kappa shape index (κ2) is 10.8. The molecule has 0 saturated heterocycles. The van der Waals surface area contributed by atoms with Crippen molar-refractivity contribution in [2.75, 3.05) is 20.7 Å². The van der Waals surface area contributed by atoms with Gasteiger partial charge in [-0.15, -0.1) is 0 Å². The van der Waals surface area contributed by atoms with E-state index in [0.717, 1.165) is 11.3 Å². The molecule has 1 aromatic heterocycles. The fraction of sp³-hybridized carbons (Fsp3) is 0.217. The van der Waals surface area contributed by atoms with E-state index in [1.165, 1.54) is 6.07 Å². The molecule has 0 spiro atoms. The molecule has 0 saturated carbocycles. The molecular formula is C23H25FN4O2. The molecule has 1 heterocycles. The average Bonchev–Trinajstić information content (AvgIpc) is 2.78. The first kappa shape index (κ1) is 21.1. The summed E-state index contributed by atoms with van der Waals surface area (Å²) in [7, 11) is 3.31. The zero-order chi connectivity index (χ0) is 21.2. The lowest BCUT2D eigenvalue weighted by Gasteiger charge is -2.12. The van der Waals surface area contributed by atoms with E-state index >= 15 is 0 Å². The van der Waals surface area contributed by atoms with Gasteiger partial charge in [0.1, 0.15) is 17.3 Å². The van der Waals surface area contributed by atoms with Gasteiger partial charge in [0.05, 0.1) is 7.11 Å². The van der Waals surface area contributed by atoms with Crippen LogP contribution in [0, 0.1) is 5.82 Å². The van der Waals surface area contributed by atoms with Gasteiger partial charge in [0.15, 0.2) is 5.96 Å². The summed E-state index contributed by atoms with van der Waals surface area (Å²) in [6.07, 6.45) is 2.32. The number of benzene rings is 2. The number of aliphatic imine (C=N–C) groups is 1. The number of rotatable bonds is 8. The Morgan fingerprint density at radius 2 is 1.87 bits per heavy atom. The fourth-order valence-corrected chi connectivity index (χ4v) is 2.78. The van der Waals surface area contributed by atoms with Gasteiger partial charge in [0.25, 0.3) is 0 Å². The van der Waals surface area contributed by atoms with Crippen molar-refractivity contribution in [2.24, 2.45) is 4.99 Å². The van der Waals surface area contributed by atoms with Gasteiger partial charge in [-0.1, -0.05) is 30.3 Å². The van der Waals surface area contributed by atoms with Crippen LogP contribution in [0.25, 0.3) is 0 Å². The SMILES string of the molecule is CN=C(NCCc1ccccc1F)NCc1ccc(Oc2cccc(OC)c2)nc1.